The predicted molar refractivity (Wildman–Crippen MR) is 433 cm³/mol. The van der Waals surface area contributed by atoms with Gasteiger partial charge >= 0.3 is 0 Å². The molecule has 10 rings (SSSR count). The van der Waals surface area contributed by atoms with Crippen molar-refractivity contribution >= 4 is 11.7 Å². The fourth-order valence-electron chi connectivity index (χ4n) is 24.4. The summed E-state index contributed by atoms with van der Waals surface area (Å²) in [4.78, 5) is 25.9. The van der Waals surface area contributed by atoms with Gasteiger partial charge in [0.15, 0.2) is 11.7 Å². The predicted octanol–water partition coefficient (Wildman–Crippen LogP) is 14.0. The van der Waals surface area contributed by atoms with Gasteiger partial charge in [0.05, 0.1) is 12.2 Å². The summed E-state index contributed by atoms with van der Waals surface area (Å²) >= 11 is 0. The molecule has 10 N–H and O–H groups in total. The molecule has 10 aliphatic rings. The van der Waals surface area contributed by atoms with Crippen LogP contribution in [0, 0.1) is 0 Å². The molecule has 20 nitrogen and oxygen atoms in total. The molecule has 0 spiro atoms. The van der Waals surface area contributed by atoms with Crippen molar-refractivity contribution < 1.29 is 9.68 Å². The minimum atomic E-state index is -0.114. The lowest BCUT2D eigenvalue weighted by atomic mass is 9.75. The third kappa shape index (κ3) is 22.3. The van der Waals surface area contributed by atoms with Gasteiger partial charge in [-0.1, -0.05) is 23.4 Å². The first-order chi connectivity index (χ1) is 47.0. The number of nitrogens with zero attached hydrogens (tertiary/aromatic N) is 8. The van der Waals surface area contributed by atoms with Crippen LogP contribution in [-0.2, 0) is 9.68 Å². The topological polar surface area (TPSA) is 183 Å². The molecule has 8 fully saturated rings. The Morgan fingerprint density at radius 3 is 0.663 bits per heavy atom. The van der Waals surface area contributed by atoms with E-state index in [1.807, 2.05) is 10.6 Å². The number of rotatable bonds is 19. The number of hydrogen-bond acceptors (Lipinski definition) is 20. The van der Waals surface area contributed by atoms with Gasteiger partial charge < -0.3 is 62.1 Å². The van der Waals surface area contributed by atoms with Gasteiger partial charge in [-0.25, -0.2) is 20.5 Å². The van der Waals surface area contributed by atoms with E-state index in [4.69, 9.17) is 19.9 Å². The van der Waals surface area contributed by atoms with Crippen LogP contribution in [0.2, 0.25) is 0 Å². The zero-order valence-corrected chi connectivity index (χ0v) is 72.7. The van der Waals surface area contributed by atoms with Crippen LogP contribution < -0.4 is 53.4 Å². The maximum Gasteiger partial charge on any atom is 0.157 e. The summed E-state index contributed by atoms with van der Waals surface area (Å²) in [5.41, 5.74) is 6.52. The van der Waals surface area contributed by atoms with Crippen molar-refractivity contribution in [2.24, 2.45) is 10.2 Å². The summed E-state index contributed by atoms with van der Waals surface area (Å²) in [5, 5.41) is 47.4. The van der Waals surface area contributed by atoms with E-state index < -0.39 is 0 Å². The Labute approximate surface area is 635 Å². The van der Waals surface area contributed by atoms with Gasteiger partial charge in [-0.05, 0) is 337 Å². The van der Waals surface area contributed by atoms with E-state index in [-0.39, 0.29) is 137 Å². The zero-order chi connectivity index (χ0) is 77.3. The Morgan fingerprint density at radius 2 is 0.462 bits per heavy atom. The summed E-state index contributed by atoms with van der Waals surface area (Å²) in [6.07, 6.45) is 24.6. The molecule has 0 atom stereocenters. The van der Waals surface area contributed by atoms with Crippen molar-refractivity contribution in [2.75, 3.05) is 13.1 Å². The molecule has 0 aromatic heterocycles. The Morgan fingerprint density at radius 1 is 0.279 bits per heavy atom. The normalized spacial score (nSPS) is 30.0. The molecule has 0 aromatic carbocycles. The molecule has 0 saturated carbocycles. The molecular weight excluding hydrogens is 1290 g/mol. The molecule has 20 heteroatoms. The average molecular weight is 1450 g/mol. The Hall–Kier alpha value is -3.18. The van der Waals surface area contributed by atoms with Crippen LogP contribution in [0.1, 0.15) is 350 Å². The van der Waals surface area contributed by atoms with Crippen LogP contribution >= 0.6 is 0 Å². The molecule has 104 heavy (non-hydrogen) atoms. The summed E-state index contributed by atoms with van der Waals surface area (Å²) in [7, 11) is 0. The number of hydrazine groups is 2. The second-order valence-electron chi connectivity index (χ2n) is 46.1. The van der Waals surface area contributed by atoms with Crippen molar-refractivity contribution in [1.29, 1.82) is 0 Å². The van der Waals surface area contributed by atoms with Gasteiger partial charge in [-0.15, -0.1) is 10.2 Å². The van der Waals surface area contributed by atoms with E-state index in [0.29, 0.717) is 0 Å². The lowest BCUT2D eigenvalue weighted by molar-refractivity contribution is -0.245. The third-order valence-corrected chi connectivity index (χ3v) is 24.3. The first-order valence-corrected chi connectivity index (χ1v) is 41.6. The van der Waals surface area contributed by atoms with Gasteiger partial charge in [0.25, 0.3) is 0 Å². The van der Waals surface area contributed by atoms with Crippen molar-refractivity contribution in [3.63, 3.8) is 0 Å². The van der Waals surface area contributed by atoms with Crippen molar-refractivity contribution in [3.8, 4) is 0 Å². The van der Waals surface area contributed by atoms with E-state index in [1.165, 1.54) is 0 Å². The first-order valence-electron chi connectivity index (χ1n) is 41.6. The second-order valence-corrected chi connectivity index (χ2v) is 46.1. The van der Waals surface area contributed by atoms with Crippen LogP contribution in [0.25, 0.3) is 0 Å². The molecule has 0 unspecified atom stereocenters. The minimum Gasteiger partial charge on any atom is -0.354 e. The van der Waals surface area contributed by atoms with E-state index in [0.717, 1.165) is 165 Å². The Kier molecular flexibility index (Phi) is 22.9. The van der Waals surface area contributed by atoms with E-state index in [9.17, 15) is 0 Å². The van der Waals surface area contributed by atoms with Gasteiger partial charge in [0, 0.05) is 150 Å². The maximum atomic E-state index is 7.37. The van der Waals surface area contributed by atoms with Gasteiger partial charge in [-0.3, -0.25) is 0 Å². The number of piperidine rings is 8. The number of hydrogen-bond donors (Lipinski definition) is 10. The summed E-state index contributed by atoms with van der Waals surface area (Å²) < 4.78 is 0. The average Bonchev–Trinajstić information content (AvgIpc) is 0.700. The van der Waals surface area contributed by atoms with Crippen LogP contribution in [0.3, 0.4) is 0 Å². The Balaban J connectivity index is 1.01. The monoisotopic (exact) mass is 1450 g/mol. The quantitative estimate of drug-likeness (QED) is 0.0551. The van der Waals surface area contributed by atoms with Gasteiger partial charge in [-0.2, -0.15) is 0 Å². The number of nitrogens with one attached hydrogen (secondary N) is 10. The molecule has 598 valence electrons. The van der Waals surface area contributed by atoms with Crippen LogP contribution in [0.4, 0.5) is 0 Å². The lowest BCUT2D eigenvalue weighted by Gasteiger charge is -2.56. The van der Waals surface area contributed by atoms with Crippen molar-refractivity contribution in [3.05, 3.63) is 23.8 Å². The fourth-order valence-corrected chi connectivity index (χ4v) is 24.4. The summed E-state index contributed by atoms with van der Waals surface area (Å²) in [6.45, 7) is 78.2. The smallest absolute Gasteiger partial charge is 0.157 e. The fraction of sp³-hybridized carbons (Fsp3) is 0.929. The molecule has 0 aliphatic carbocycles. The Bertz CT molecular complexity index is 2720. The van der Waals surface area contributed by atoms with Gasteiger partial charge in [0.1, 0.15) is 11.6 Å². The highest BCUT2D eigenvalue weighted by Gasteiger charge is 2.53. The van der Waals surface area contributed by atoms with Crippen LogP contribution in [-0.4, -0.2) is 192 Å². The first kappa shape index (κ1) is 83.3. The molecule has 0 aromatic rings. The number of amidine groups is 2. The van der Waals surface area contributed by atoms with Gasteiger partial charge in [0.2, 0.25) is 0 Å². The highest BCUT2D eigenvalue weighted by Crippen LogP contribution is 2.45. The molecule has 10 aliphatic heterocycles. The third-order valence-electron chi connectivity index (χ3n) is 24.3. The molecule has 0 amide bonds. The highest BCUT2D eigenvalue weighted by atomic mass is 16.8. The SMILES string of the molecule is CC1(C)CC(ON2N=C(N(C3CC(C)(C)NC(C)(C)C3)C3CC(C)(C)NC(C)(C)C3)C=C(N(CCCCCCN(C3=CC(N(C4CC(C)(C)NC(C)(C)C4)C4CC(C)(C)NC(C)(C)C4)=NN(OC4CC(C)(C)NC(C)(C)C4)N3)C3CC(C)(C)NC(C)(C)C3)C3CC(C)(C)NC(C)(C)C3)N2)CC(C)(C)N1. The lowest BCUT2D eigenvalue weighted by Crippen LogP contribution is -2.68. The minimum absolute atomic E-state index is 0.0578. The molecular formula is C84H160N18O2. The largest absolute Gasteiger partial charge is 0.354 e. The standard InChI is InChI=1S/C84H160N18O2/c1-69(2)41-57(42-70(3,4)89-69)97(65-39-67(87-101(85-65)103-63-53-81(25,26)95-82(27,28)54-63)99(59-45-73(9,10)91-74(11,12)46-59)60-47-75(13,14)92-76(15,16)48-60)37-35-33-34-36-38-98(58-43-71(5,6)90-72(7,8)44-58)66-40-68(88-102(86-66)104-64-55-83(29,30)96-84(31,32)56-64)100(61-49-77(17,18)93-78(19,20)50-61)62-51-79(21,22)94-80(23,24)52-62/h39-40,57-64,85-86,89-96H,33-38,41-56H2,1-32H3. The molecule has 10 heterocycles. The van der Waals surface area contributed by atoms with E-state index >= 15 is 0 Å². The van der Waals surface area contributed by atoms with E-state index in [2.05, 4.69) is 307 Å². The van der Waals surface area contributed by atoms with Crippen molar-refractivity contribution in [1.82, 2.24) is 83.5 Å². The summed E-state index contributed by atoms with van der Waals surface area (Å²) in [6, 6.07) is 1.45. The zero-order valence-electron chi connectivity index (χ0n) is 72.7. The second kappa shape index (κ2) is 28.5. The van der Waals surface area contributed by atoms with E-state index in [1.54, 1.807) is 0 Å². The number of hydrazone groups is 2. The molecule has 0 bridgehead atoms. The van der Waals surface area contributed by atoms with Crippen molar-refractivity contribution in [2.45, 2.75) is 487 Å². The molecule has 0 radical (unpaired) electrons. The molecule has 8 saturated heterocycles. The van der Waals surface area contributed by atoms with Crippen LogP contribution in [0.15, 0.2) is 34.0 Å². The van der Waals surface area contributed by atoms with Crippen LogP contribution in [0.5, 0.6) is 0 Å². The highest BCUT2D eigenvalue weighted by molar-refractivity contribution is 5.95. The number of unbranched alkanes of at least 4 members (excludes halogenated alkanes) is 3. The summed E-state index contributed by atoms with van der Waals surface area (Å²) in [5.74, 6) is 4.19. The maximum absolute atomic E-state index is 7.37.